The summed E-state index contributed by atoms with van der Waals surface area (Å²) in [6.45, 7) is 4.32. The lowest BCUT2D eigenvalue weighted by atomic mass is 9.79. The number of hydrogen-bond acceptors (Lipinski definition) is 2. The third-order valence-electron chi connectivity index (χ3n) is 3.79. The lowest BCUT2D eigenvalue weighted by molar-refractivity contribution is 0.0820. The summed E-state index contributed by atoms with van der Waals surface area (Å²) in [6.07, 6.45) is 0.759. The maximum Gasteiger partial charge on any atom is 0.169 e. The first kappa shape index (κ1) is 12.8. The van der Waals surface area contributed by atoms with Gasteiger partial charge in [-0.15, -0.1) is 0 Å². The third kappa shape index (κ3) is 2.16. The van der Waals surface area contributed by atoms with Crippen LogP contribution in [0, 0.1) is 5.41 Å². The van der Waals surface area contributed by atoms with Crippen LogP contribution in [0.5, 0.6) is 0 Å². The van der Waals surface area contributed by atoms with Crippen molar-refractivity contribution in [2.24, 2.45) is 11.1 Å². The van der Waals surface area contributed by atoms with Crippen molar-refractivity contribution >= 4 is 16.6 Å². The Bertz CT molecular complexity index is 570. The summed E-state index contributed by atoms with van der Waals surface area (Å²) in [5, 5.41) is 2.25. The molecule has 0 saturated heterocycles. The van der Waals surface area contributed by atoms with Crippen LogP contribution in [0.2, 0.25) is 0 Å². The van der Waals surface area contributed by atoms with Gasteiger partial charge in [0.2, 0.25) is 0 Å². The molecule has 0 aliphatic heterocycles. The predicted molar refractivity (Wildman–Crippen MR) is 75.7 cm³/mol. The molecular weight excluding hydrogens is 222 g/mol. The van der Waals surface area contributed by atoms with Gasteiger partial charge in [0, 0.05) is 17.5 Å². The molecule has 1 atom stereocenters. The van der Waals surface area contributed by atoms with Crippen LogP contribution < -0.4 is 5.73 Å². The molecule has 0 radical (unpaired) electrons. The molecule has 2 rings (SSSR count). The first-order chi connectivity index (χ1) is 8.60. The van der Waals surface area contributed by atoms with Gasteiger partial charge >= 0.3 is 0 Å². The topological polar surface area (TPSA) is 43.1 Å². The first-order valence-corrected chi connectivity index (χ1v) is 6.34. The van der Waals surface area contributed by atoms with E-state index >= 15 is 0 Å². The van der Waals surface area contributed by atoms with E-state index in [4.69, 9.17) is 5.73 Å². The molecule has 0 aliphatic rings. The number of nitrogens with two attached hydrogens (primary N) is 1. The molecule has 94 valence electrons. The van der Waals surface area contributed by atoms with E-state index < -0.39 is 5.41 Å². The molecule has 0 aromatic heterocycles. The molecule has 2 aromatic rings. The summed E-state index contributed by atoms with van der Waals surface area (Å²) in [4.78, 5) is 12.5. The molecule has 18 heavy (non-hydrogen) atoms. The first-order valence-electron chi connectivity index (χ1n) is 6.34. The number of Topliss-reactive ketones (excluding diaryl/α,β-unsaturated/α-hetero) is 1. The Kier molecular flexibility index (Phi) is 3.48. The minimum atomic E-state index is -0.456. The normalized spacial score (nSPS) is 14.4. The van der Waals surface area contributed by atoms with Crippen molar-refractivity contribution in [3.05, 3.63) is 48.0 Å². The Labute approximate surface area is 108 Å². The van der Waals surface area contributed by atoms with Crippen LogP contribution in [0.15, 0.2) is 42.5 Å². The molecule has 2 N–H and O–H groups in total. The summed E-state index contributed by atoms with van der Waals surface area (Å²) < 4.78 is 0. The highest BCUT2D eigenvalue weighted by Crippen LogP contribution is 2.27. The van der Waals surface area contributed by atoms with Crippen molar-refractivity contribution in [3.8, 4) is 0 Å². The summed E-state index contributed by atoms with van der Waals surface area (Å²) in [7, 11) is 0. The van der Waals surface area contributed by atoms with Gasteiger partial charge in [-0.1, -0.05) is 50.2 Å². The van der Waals surface area contributed by atoms with E-state index in [9.17, 15) is 4.79 Å². The van der Waals surface area contributed by atoms with Gasteiger partial charge in [0.05, 0.1) is 0 Å². The number of hydrogen-bond donors (Lipinski definition) is 1. The van der Waals surface area contributed by atoms with Crippen LogP contribution in [0.1, 0.15) is 30.6 Å². The number of fused-ring (bicyclic) bond motifs is 1. The number of carbonyl (C=O) groups is 1. The van der Waals surface area contributed by atoms with E-state index in [0.29, 0.717) is 6.54 Å². The van der Waals surface area contributed by atoms with Crippen LogP contribution in [-0.2, 0) is 0 Å². The van der Waals surface area contributed by atoms with E-state index in [2.05, 4.69) is 0 Å². The molecule has 2 aromatic carbocycles. The van der Waals surface area contributed by atoms with Crippen molar-refractivity contribution < 1.29 is 4.79 Å². The summed E-state index contributed by atoms with van der Waals surface area (Å²) in [6, 6.07) is 13.9. The minimum absolute atomic E-state index is 0.137. The largest absolute Gasteiger partial charge is 0.329 e. The lowest BCUT2D eigenvalue weighted by Gasteiger charge is -2.24. The van der Waals surface area contributed by atoms with Gasteiger partial charge in [-0.2, -0.15) is 0 Å². The Morgan fingerprint density at radius 2 is 1.83 bits per heavy atom. The maximum atomic E-state index is 12.5. The van der Waals surface area contributed by atoms with Gasteiger partial charge < -0.3 is 5.73 Å². The van der Waals surface area contributed by atoms with Crippen LogP contribution in [0.4, 0.5) is 0 Å². The van der Waals surface area contributed by atoms with Crippen LogP contribution >= 0.6 is 0 Å². The van der Waals surface area contributed by atoms with E-state index in [1.807, 2.05) is 56.3 Å². The number of ketones is 1. The standard InChI is InChI=1S/C16H19NO/c1-3-16(2,11-17)15(18)14-9-8-12-6-4-5-7-13(12)10-14/h4-10H,3,11,17H2,1-2H3. The van der Waals surface area contributed by atoms with Gasteiger partial charge in [0.1, 0.15) is 0 Å². The minimum Gasteiger partial charge on any atom is -0.329 e. The molecule has 0 spiro atoms. The van der Waals surface area contributed by atoms with Gasteiger partial charge in [0.25, 0.3) is 0 Å². The van der Waals surface area contributed by atoms with Crippen LogP contribution in [-0.4, -0.2) is 12.3 Å². The average Bonchev–Trinajstić information content (AvgIpc) is 2.45. The van der Waals surface area contributed by atoms with Gasteiger partial charge in [-0.3, -0.25) is 4.79 Å². The van der Waals surface area contributed by atoms with Crippen LogP contribution in [0.25, 0.3) is 10.8 Å². The van der Waals surface area contributed by atoms with Crippen molar-refractivity contribution in [3.63, 3.8) is 0 Å². The zero-order chi connectivity index (χ0) is 13.2. The van der Waals surface area contributed by atoms with Crippen molar-refractivity contribution in [1.29, 1.82) is 0 Å². The quantitative estimate of drug-likeness (QED) is 0.834. The summed E-state index contributed by atoms with van der Waals surface area (Å²) in [5.74, 6) is 0.137. The molecule has 0 aliphatic carbocycles. The average molecular weight is 241 g/mol. The van der Waals surface area contributed by atoms with Crippen molar-refractivity contribution in [2.75, 3.05) is 6.54 Å². The second-order valence-electron chi connectivity index (χ2n) is 5.01. The van der Waals surface area contributed by atoms with Crippen LogP contribution in [0.3, 0.4) is 0 Å². The van der Waals surface area contributed by atoms with Crippen molar-refractivity contribution in [2.45, 2.75) is 20.3 Å². The molecule has 0 bridgehead atoms. The smallest absolute Gasteiger partial charge is 0.169 e. The van der Waals surface area contributed by atoms with Gasteiger partial charge in [-0.25, -0.2) is 0 Å². The Morgan fingerprint density at radius 3 is 2.44 bits per heavy atom. The predicted octanol–water partition coefficient (Wildman–Crippen LogP) is 3.40. The molecule has 0 heterocycles. The zero-order valence-corrected chi connectivity index (χ0v) is 10.9. The second kappa shape index (κ2) is 4.91. The molecule has 0 saturated carbocycles. The van der Waals surface area contributed by atoms with Gasteiger partial charge in [0.15, 0.2) is 5.78 Å². The lowest BCUT2D eigenvalue weighted by Crippen LogP contribution is -2.35. The fourth-order valence-electron chi connectivity index (χ4n) is 2.08. The highest BCUT2D eigenvalue weighted by atomic mass is 16.1. The van der Waals surface area contributed by atoms with Gasteiger partial charge in [-0.05, 0) is 23.3 Å². The van der Waals surface area contributed by atoms with E-state index in [0.717, 1.165) is 22.8 Å². The molecular formula is C16H19NO. The second-order valence-corrected chi connectivity index (χ2v) is 5.01. The number of benzene rings is 2. The van der Waals surface area contributed by atoms with E-state index in [-0.39, 0.29) is 5.78 Å². The Balaban J connectivity index is 2.45. The van der Waals surface area contributed by atoms with E-state index in [1.54, 1.807) is 0 Å². The van der Waals surface area contributed by atoms with Crippen molar-refractivity contribution in [1.82, 2.24) is 0 Å². The Morgan fingerprint density at radius 1 is 1.17 bits per heavy atom. The third-order valence-corrected chi connectivity index (χ3v) is 3.79. The molecule has 1 unspecified atom stereocenters. The Hall–Kier alpha value is -1.67. The monoisotopic (exact) mass is 241 g/mol. The zero-order valence-electron chi connectivity index (χ0n) is 10.9. The summed E-state index contributed by atoms with van der Waals surface area (Å²) >= 11 is 0. The number of carbonyl (C=O) groups excluding carboxylic acids is 1. The SMILES string of the molecule is CCC(C)(CN)C(=O)c1ccc2ccccc2c1. The summed E-state index contributed by atoms with van der Waals surface area (Å²) in [5.41, 5.74) is 6.04. The highest BCUT2D eigenvalue weighted by Gasteiger charge is 2.30. The maximum absolute atomic E-state index is 12.5. The van der Waals surface area contributed by atoms with E-state index in [1.165, 1.54) is 0 Å². The molecule has 2 nitrogen and oxygen atoms in total. The molecule has 0 fully saturated rings. The highest BCUT2D eigenvalue weighted by molar-refractivity contribution is 6.03. The fraction of sp³-hybridized carbons (Fsp3) is 0.312. The number of rotatable bonds is 4. The fourth-order valence-corrected chi connectivity index (χ4v) is 2.08. The molecule has 0 amide bonds. The molecule has 2 heteroatoms.